The first-order valence-corrected chi connectivity index (χ1v) is 13.4. The van der Waals surface area contributed by atoms with Gasteiger partial charge in [-0.15, -0.1) is 0 Å². The van der Waals surface area contributed by atoms with Crippen LogP contribution in [-0.4, -0.2) is 54.6 Å². The second-order valence-corrected chi connectivity index (χ2v) is 9.91. The molecule has 2 amide bonds. The first-order chi connectivity index (χ1) is 18.3. The molecule has 198 valence electrons. The molecule has 9 heteroatoms. The Morgan fingerprint density at radius 2 is 1.61 bits per heavy atom. The lowest BCUT2D eigenvalue weighted by atomic mass is 10.1. The summed E-state index contributed by atoms with van der Waals surface area (Å²) in [5.74, 6) is 0.507. The van der Waals surface area contributed by atoms with Crippen molar-refractivity contribution in [1.29, 1.82) is 0 Å². The molecule has 1 aliphatic rings. The lowest BCUT2D eigenvalue weighted by Gasteiger charge is -2.36. The number of halogens is 1. The number of nitrogens with one attached hydrogen (secondary N) is 2. The van der Waals surface area contributed by atoms with E-state index in [0.717, 1.165) is 23.4 Å². The third-order valence-electron chi connectivity index (χ3n) is 6.23. The van der Waals surface area contributed by atoms with Gasteiger partial charge in [-0.1, -0.05) is 36.2 Å². The number of hydrogen-bond donors (Lipinski definition) is 2. The molecule has 0 spiro atoms. The summed E-state index contributed by atoms with van der Waals surface area (Å²) in [6.07, 6.45) is 0.939. The average Bonchev–Trinajstić information content (AvgIpc) is 2.92. The van der Waals surface area contributed by atoms with Crippen LogP contribution in [0.3, 0.4) is 0 Å². The quantitative estimate of drug-likeness (QED) is 0.377. The Balaban J connectivity index is 1.29. The summed E-state index contributed by atoms with van der Waals surface area (Å²) >= 11 is 11.9. The van der Waals surface area contributed by atoms with Crippen molar-refractivity contribution < 1.29 is 14.3 Å². The molecule has 38 heavy (non-hydrogen) atoms. The second-order valence-electron chi connectivity index (χ2n) is 9.09. The number of benzene rings is 3. The number of aryl methyl sites for hydroxylation is 1. The van der Waals surface area contributed by atoms with Crippen molar-refractivity contribution in [3.05, 3.63) is 88.4 Å². The molecule has 1 aliphatic heterocycles. The summed E-state index contributed by atoms with van der Waals surface area (Å²) < 4.78 is 5.60. The molecule has 4 rings (SSSR count). The van der Waals surface area contributed by atoms with E-state index in [2.05, 4.69) is 22.5 Å². The zero-order valence-electron chi connectivity index (χ0n) is 21.5. The summed E-state index contributed by atoms with van der Waals surface area (Å²) in [6.45, 7) is 7.20. The van der Waals surface area contributed by atoms with Gasteiger partial charge in [0.05, 0.1) is 17.3 Å². The molecule has 2 N–H and O–H groups in total. The molecule has 0 radical (unpaired) electrons. The van der Waals surface area contributed by atoms with Crippen LogP contribution in [0, 0.1) is 6.92 Å². The van der Waals surface area contributed by atoms with Crippen molar-refractivity contribution in [2.24, 2.45) is 0 Å². The number of thiocarbonyl (C=S) groups is 1. The SMILES string of the molecule is CCCOc1ccc(C(=O)N2CCN(c3ccc(NC(=S)NC(=O)c4ccc(C)cc4)cc3Cl)CC2)cc1. The number of amides is 2. The van der Waals surface area contributed by atoms with E-state index in [1.54, 1.807) is 18.2 Å². The van der Waals surface area contributed by atoms with Crippen LogP contribution in [0.4, 0.5) is 11.4 Å². The molecule has 0 aliphatic carbocycles. The van der Waals surface area contributed by atoms with Crippen molar-refractivity contribution in [1.82, 2.24) is 10.2 Å². The molecule has 0 unspecified atom stereocenters. The number of ether oxygens (including phenoxy) is 1. The maximum absolute atomic E-state index is 13.0. The highest BCUT2D eigenvalue weighted by Crippen LogP contribution is 2.30. The van der Waals surface area contributed by atoms with Gasteiger partial charge >= 0.3 is 0 Å². The van der Waals surface area contributed by atoms with Crippen LogP contribution >= 0.6 is 23.8 Å². The first kappa shape index (κ1) is 27.4. The largest absolute Gasteiger partial charge is 0.494 e. The highest BCUT2D eigenvalue weighted by molar-refractivity contribution is 7.80. The summed E-state index contributed by atoms with van der Waals surface area (Å²) in [4.78, 5) is 29.4. The van der Waals surface area contributed by atoms with Gasteiger partial charge in [0.2, 0.25) is 0 Å². The van der Waals surface area contributed by atoms with Gasteiger partial charge in [-0.3, -0.25) is 14.9 Å². The minimum absolute atomic E-state index is 0.0125. The predicted octanol–water partition coefficient (Wildman–Crippen LogP) is 5.53. The summed E-state index contributed by atoms with van der Waals surface area (Å²) in [7, 11) is 0. The van der Waals surface area contributed by atoms with Gasteiger partial charge in [-0.05, 0) is 80.2 Å². The number of carbonyl (C=O) groups excluding carboxylic acids is 2. The molecule has 0 saturated carbocycles. The van der Waals surface area contributed by atoms with Crippen LogP contribution < -0.4 is 20.3 Å². The van der Waals surface area contributed by atoms with Crippen molar-refractivity contribution >= 4 is 52.1 Å². The molecule has 1 saturated heterocycles. The van der Waals surface area contributed by atoms with Crippen LogP contribution in [0.2, 0.25) is 5.02 Å². The van der Waals surface area contributed by atoms with Gasteiger partial charge in [0.25, 0.3) is 11.8 Å². The van der Waals surface area contributed by atoms with Gasteiger partial charge in [0.1, 0.15) is 5.75 Å². The number of nitrogens with zero attached hydrogens (tertiary/aromatic N) is 2. The van der Waals surface area contributed by atoms with Crippen LogP contribution in [0.1, 0.15) is 39.6 Å². The van der Waals surface area contributed by atoms with Gasteiger partial charge < -0.3 is 19.9 Å². The number of rotatable bonds is 7. The van der Waals surface area contributed by atoms with E-state index >= 15 is 0 Å². The van der Waals surface area contributed by atoms with Crippen molar-refractivity contribution in [3.8, 4) is 5.75 Å². The summed E-state index contributed by atoms with van der Waals surface area (Å²) in [6, 6.07) is 20.1. The summed E-state index contributed by atoms with van der Waals surface area (Å²) in [5, 5.41) is 6.45. The zero-order valence-corrected chi connectivity index (χ0v) is 23.1. The molecule has 0 bridgehead atoms. The molecular weight excluding hydrogens is 520 g/mol. The Kier molecular flexibility index (Phi) is 9.20. The summed E-state index contributed by atoms with van der Waals surface area (Å²) in [5.41, 5.74) is 3.82. The maximum Gasteiger partial charge on any atom is 0.257 e. The second kappa shape index (κ2) is 12.8. The average molecular weight is 551 g/mol. The van der Waals surface area contributed by atoms with Crippen LogP contribution in [0.15, 0.2) is 66.7 Å². The Morgan fingerprint density at radius 3 is 2.24 bits per heavy atom. The predicted molar refractivity (Wildman–Crippen MR) is 157 cm³/mol. The molecule has 3 aromatic carbocycles. The van der Waals surface area contributed by atoms with Gasteiger partial charge in [0.15, 0.2) is 5.11 Å². The van der Waals surface area contributed by atoms with Gasteiger partial charge in [0, 0.05) is 43.0 Å². The molecule has 1 heterocycles. The lowest BCUT2D eigenvalue weighted by molar-refractivity contribution is 0.0746. The van der Waals surface area contributed by atoms with Crippen LogP contribution in [0.25, 0.3) is 0 Å². The Bertz CT molecular complexity index is 1290. The molecule has 3 aromatic rings. The van der Waals surface area contributed by atoms with E-state index in [1.165, 1.54) is 0 Å². The topological polar surface area (TPSA) is 73.9 Å². The van der Waals surface area contributed by atoms with E-state index < -0.39 is 0 Å². The number of anilines is 2. The number of hydrogen-bond acceptors (Lipinski definition) is 5. The van der Waals surface area contributed by atoms with Gasteiger partial charge in [-0.2, -0.15) is 0 Å². The van der Waals surface area contributed by atoms with Crippen LogP contribution in [0.5, 0.6) is 5.75 Å². The fourth-order valence-corrected chi connectivity index (χ4v) is 4.64. The fraction of sp³-hybridized carbons (Fsp3) is 0.276. The molecule has 0 aromatic heterocycles. The Hall–Kier alpha value is -3.62. The highest BCUT2D eigenvalue weighted by atomic mass is 35.5. The zero-order chi connectivity index (χ0) is 27.1. The number of piperazine rings is 1. The van der Waals surface area contributed by atoms with Crippen molar-refractivity contribution in [3.63, 3.8) is 0 Å². The third-order valence-corrected chi connectivity index (χ3v) is 6.73. The maximum atomic E-state index is 13.0. The normalized spacial score (nSPS) is 13.1. The van der Waals surface area contributed by atoms with E-state index in [9.17, 15) is 9.59 Å². The molecule has 0 atom stereocenters. The molecule has 7 nitrogen and oxygen atoms in total. The van der Waals surface area contributed by atoms with E-state index in [4.69, 9.17) is 28.6 Å². The first-order valence-electron chi connectivity index (χ1n) is 12.6. The van der Waals surface area contributed by atoms with E-state index in [-0.39, 0.29) is 16.9 Å². The fourth-order valence-electron chi connectivity index (χ4n) is 4.13. The minimum atomic E-state index is -0.279. The Morgan fingerprint density at radius 1 is 0.947 bits per heavy atom. The van der Waals surface area contributed by atoms with Crippen molar-refractivity contribution in [2.75, 3.05) is 43.0 Å². The standard InChI is InChI=1S/C29H31ClN4O3S/c1-3-18-37-24-11-8-22(9-12-24)28(36)34-16-14-33(15-17-34)26-13-10-23(19-25(26)30)31-29(38)32-27(35)21-6-4-20(2)5-7-21/h4-13,19H,3,14-18H2,1-2H3,(H2,31,32,35,38). The third kappa shape index (κ3) is 7.02. The molecule has 1 fully saturated rings. The lowest BCUT2D eigenvalue weighted by Crippen LogP contribution is -2.48. The van der Waals surface area contributed by atoms with Crippen LogP contribution in [-0.2, 0) is 0 Å². The smallest absolute Gasteiger partial charge is 0.257 e. The number of carbonyl (C=O) groups is 2. The van der Waals surface area contributed by atoms with E-state index in [1.807, 2.05) is 60.4 Å². The van der Waals surface area contributed by atoms with Gasteiger partial charge in [-0.25, -0.2) is 0 Å². The monoisotopic (exact) mass is 550 g/mol. The van der Waals surface area contributed by atoms with E-state index in [0.29, 0.717) is 54.6 Å². The van der Waals surface area contributed by atoms with Crippen molar-refractivity contribution in [2.45, 2.75) is 20.3 Å². The highest BCUT2D eigenvalue weighted by Gasteiger charge is 2.23. The minimum Gasteiger partial charge on any atom is -0.494 e. The molecular formula is C29H31ClN4O3S. The Labute approximate surface area is 233 Å².